The lowest BCUT2D eigenvalue weighted by Crippen LogP contribution is -2.32. The first-order chi connectivity index (χ1) is 15.4. The maximum absolute atomic E-state index is 13.7. The number of carbonyl (C=O) groups is 2. The van der Waals surface area contributed by atoms with Crippen LogP contribution in [0.3, 0.4) is 0 Å². The highest BCUT2D eigenvalue weighted by Gasteiger charge is 2.42. The Morgan fingerprint density at radius 1 is 0.750 bits per heavy atom. The zero-order valence-corrected chi connectivity index (χ0v) is 18.4. The number of nitrogens with zero attached hydrogens (tertiary/aromatic N) is 1. The maximum Gasteiger partial charge on any atom is 0.282 e. The van der Waals surface area contributed by atoms with Crippen molar-refractivity contribution in [2.24, 2.45) is 0 Å². The van der Waals surface area contributed by atoms with Gasteiger partial charge in [-0.3, -0.25) is 9.59 Å². The first-order valence-corrected chi connectivity index (χ1v) is 10.2. The number of carbonyl (C=O) groups excluding carboxylic acids is 2. The summed E-state index contributed by atoms with van der Waals surface area (Å²) in [4.78, 5) is 28.5. The van der Waals surface area contributed by atoms with Crippen LogP contribution < -0.4 is 19.7 Å². The van der Waals surface area contributed by atoms with Crippen LogP contribution in [0.4, 0.5) is 11.4 Å². The Hall–Kier alpha value is -4.06. The first kappa shape index (κ1) is 21.2. The van der Waals surface area contributed by atoms with E-state index in [1.54, 1.807) is 24.3 Å². The minimum absolute atomic E-state index is 0.187. The molecule has 0 bridgehead atoms. The van der Waals surface area contributed by atoms with Crippen molar-refractivity contribution in [2.45, 2.75) is 13.8 Å². The van der Waals surface area contributed by atoms with Crippen molar-refractivity contribution in [3.05, 3.63) is 89.1 Å². The molecule has 3 aromatic carbocycles. The number of hydrogen-bond acceptors (Lipinski definition) is 5. The van der Waals surface area contributed by atoms with Gasteiger partial charge in [-0.15, -0.1) is 0 Å². The molecule has 6 nitrogen and oxygen atoms in total. The van der Waals surface area contributed by atoms with Gasteiger partial charge in [-0.1, -0.05) is 42.0 Å². The van der Waals surface area contributed by atoms with Crippen LogP contribution in [0.5, 0.6) is 11.5 Å². The minimum atomic E-state index is -0.458. The zero-order valence-electron chi connectivity index (χ0n) is 18.4. The third-order valence-corrected chi connectivity index (χ3v) is 5.36. The van der Waals surface area contributed by atoms with Crippen molar-refractivity contribution in [3.63, 3.8) is 0 Å². The molecule has 0 saturated heterocycles. The molecule has 0 saturated carbocycles. The summed E-state index contributed by atoms with van der Waals surface area (Å²) in [5, 5.41) is 3.17. The van der Waals surface area contributed by atoms with E-state index in [1.807, 2.05) is 56.3 Å². The van der Waals surface area contributed by atoms with Gasteiger partial charge in [-0.2, -0.15) is 0 Å². The number of benzene rings is 3. The molecule has 162 valence electrons. The normalized spacial score (nSPS) is 13.6. The van der Waals surface area contributed by atoms with E-state index in [0.717, 1.165) is 16.0 Å². The molecule has 0 atom stereocenters. The predicted molar refractivity (Wildman–Crippen MR) is 125 cm³/mol. The molecule has 0 unspecified atom stereocenters. The van der Waals surface area contributed by atoms with Crippen LogP contribution >= 0.6 is 0 Å². The standard InChI is InChI=1S/C26H24N2O4/c1-16-9-12-18(13-10-16)27-24-23(19-7-5-6-8-21(19)31-3)25(29)28(26(24)30)20-15-17(2)11-14-22(20)32-4/h5-15,27H,1-4H3. The second-order valence-electron chi connectivity index (χ2n) is 7.56. The number of imide groups is 1. The molecule has 1 N–H and O–H groups in total. The lowest BCUT2D eigenvalue weighted by molar-refractivity contribution is -0.120. The molecule has 0 aromatic heterocycles. The minimum Gasteiger partial charge on any atom is -0.496 e. The number of amides is 2. The van der Waals surface area contributed by atoms with Crippen LogP contribution in [0.15, 0.2) is 72.4 Å². The smallest absolute Gasteiger partial charge is 0.282 e. The van der Waals surface area contributed by atoms with E-state index in [4.69, 9.17) is 9.47 Å². The van der Waals surface area contributed by atoms with Gasteiger partial charge in [0.15, 0.2) is 0 Å². The van der Waals surface area contributed by atoms with E-state index in [0.29, 0.717) is 28.4 Å². The van der Waals surface area contributed by atoms with E-state index in [9.17, 15) is 9.59 Å². The Kier molecular flexibility index (Phi) is 5.69. The van der Waals surface area contributed by atoms with Gasteiger partial charge < -0.3 is 14.8 Å². The maximum atomic E-state index is 13.7. The quantitative estimate of drug-likeness (QED) is 0.576. The van der Waals surface area contributed by atoms with Gasteiger partial charge in [0.1, 0.15) is 17.2 Å². The lowest BCUT2D eigenvalue weighted by atomic mass is 10.0. The number of aryl methyl sites for hydroxylation is 2. The molecule has 0 aliphatic carbocycles. The van der Waals surface area contributed by atoms with E-state index in [-0.39, 0.29) is 11.3 Å². The fourth-order valence-corrected chi connectivity index (χ4v) is 3.72. The third-order valence-electron chi connectivity index (χ3n) is 5.36. The summed E-state index contributed by atoms with van der Waals surface area (Å²) in [5.74, 6) is 0.0385. The number of para-hydroxylation sites is 1. The molecular weight excluding hydrogens is 404 g/mol. The van der Waals surface area contributed by atoms with Crippen molar-refractivity contribution in [1.29, 1.82) is 0 Å². The van der Waals surface area contributed by atoms with Gasteiger partial charge in [0.2, 0.25) is 0 Å². The number of methoxy groups -OCH3 is 2. The highest BCUT2D eigenvalue weighted by atomic mass is 16.5. The summed E-state index contributed by atoms with van der Waals surface area (Å²) >= 11 is 0. The lowest BCUT2D eigenvalue weighted by Gasteiger charge is -2.19. The Labute approximate surface area is 187 Å². The van der Waals surface area contributed by atoms with E-state index in [1.165, 1.54) is 14.2 Å². The largest absolute Gasteiger partial charge is 0.496 e. The van der Waals surface area contributed by atoms with Crippen LogP contribution in [0.1, 0.15) is 16.7 Å². The van der Waals surface area contributed by atoms with E-state index in [2.05, 4.69) is 5.32 Å². The first-order valence-electron chi connectivity index (χ1n) is 10.2. The molecule has 6 heteroatoms. The van der Waals surface area contributed by atoms with Crippen molar-refractivity contribution >= 4 is 28.8 Å². The molecule has 1 heterocycles. The molecule has 4 rings (SSSR count). The summed E-state index contributed by atoms with van der Waals surface area (Å²) in [6.07, 6.45) is 0. The van der Waals surface area contributed by atoms with Crippen molar-refractivity contribution < 1.29 is 19.1 Å². The average Bonchev–Trinajstić information content (AvgIpc) is 3.04. The molecule has 3 aromatic rings. The van der Waals surface area contributed by atoms with Crippen LogP contribution in [0.2, 0.25) is 0 Å². The van der Waals surface area contributed by atoms with Crippen molar-refractivity contribution in [1.82, 2.24) is 0 Å². The zero-order chi connectivity index (χ0) is 22.8. The Balaban J connectivity index is 1.89. The summed E-state index contributed by atoms with van der Waals surface area (Å²) in [7, 11) is 3.05. The summed E-state index contributed by atoms with van der Waals surface area (Å²) < 4.78 is 10.9. The summed E-state index contributed by atoms with van der Waals surface area (Å²) in [5.41, 5.74) is 4.07. The molecular formula is C26H24N2O4. The highest BCUT2D eigenvalue weighted by Crippen LogP contribution is 2.40. The number of ether oxygens (including phenoxy) is 2. The van der Waals surface area contributed by atoms with E-state index < -0.39 is 11.8 Å². The van der Waals surface area contributed by atoms with Gasteiger partial charge in [-0.25, -0.2) is 4.90 Å². The second-order valence-corrected chi connectivity index (χ2v) is 7.56. The number of rotatable bonds is 6. The van der Waals surface area contributed by atoms with Crippen LogP contribution in [0.25, 0.3) is 5.57 Å². The molecule has 0 spiro atoms. The van der Waals surface area contributed by atoms with E-state index >= 15 is 0 Å². The molecule has 1 aliphatic rings. The molecule has 32 heavy (non-hydrogen) atoms. The Bertz CT molecular complexity index is 1230. The van der Waals surface area contributed by atoms with Gasteiger partial charge in [0.25, 0.3) is 11.8 Å². The molecule has 1 aliphatic heterocycles. The number of anilines is 2. The summed E-state index contributed by atoms with van der Waals surface area (Å²) in [6, 6.07) is 20.2. The Morgan fingerprint density at radius 2 is 1.41 bits per heavy atom. The van der Waals surface area contributed by atoms with Gasteiger partial charge in [-0.05, 0) is 49.7 Å². The monoisotopic (exact) mass is 428 g/mol. The van der Waals surface area contributed by atoms with Crippen LogP contribution in [0, 0.1) is 13.8 Å². The average molecular weight is 428 g/mol. The number of nitrogens with one attached hydrogen (secondary N) is 1. The second kappa shape index (κ2) is 8.59. The van der Waals surface area contributed by atoms with Crippen molar-refractivity contribution in [2.75, 3.05) is 24.4 Å². The highest BCUT2D eigenvalue weighted by molar-refractivity contribution is 6.46. The fourth-order valence-electron chi connectivity index (χ4n) is 3.72. The van der Waals surface area contributed by atoms with Crippen LogP contribution in [-0.4, -0.2) is 26.0 Å². The molecule has 2 amide bonds. The SMILES string of the molecule is COc1ccccc1C1=C(Nc2ccc(C)cc2)C(=O)N(c2cc(C)ccc2OC)C1=O. The van der Waals surface area contributed by atoms with Crippen LogP contribution in [-0.2, 0) is 9.59 Å². The Morgan fingerprint density at radius 3 is 2.09 bits per heavy atom. The molecule has 0 radical (unpaired) electrons. The number of hydrogen-bond donors (Lipinski definition) is 1. The van der Waals surface area contributed by atoms with Crippen molar-refractivity contribution in [3.8, 4) is 11.5 Å². The fraction of sp³-hybridized carbons (Fsp3) is 0.154. The van der Waals surface area contributed by atoms with Gasteiger partial charge in [0.05, 0.1) is 25.5 Å². The van der Waals surface area contributed by atoms with Gasteiger partial charge >= 0.3 is 0 Å². The third kappa shape index (κ3) is 3.71. The molecule has 0 fully saturated rings. The topological polar surface area (TPSA) is 67.9 Å². The summed E-state index contributed by atoms with van der Waals surface area (Å²) in [6.45, 7) is 3.88. The van der Waals surface area contributed by atoms with Gasteiger partial charge in [0, 0.05) is 11.3 Å². The predicted octanol–water partition coefficient (Wildman–Crippen LogP) is 4.72.